The maximum atomic E-state index is 12.3. The van der Waals surface area contributed by atoms with E-state index < -0.39 is 10.0 Å². The summed E-state index contributed by atoms with van der Waals surface area (Å²) in [7, 11) is -1.79. The molecular formula is C18H22N2O3S. The van der Waals surface area contributed by atoms with Crippen LogP contribution >= 0.6 is 0 Å². The van der Waals surface area contributed by atoms with Gasteiger partial charge in [-0.2, -0.15) is 0 Å². The molecule has 24 heavy (non-hydrogen) atoms. The highest BCUT2D eigenvalue weighted by Gasteiger charge is 2.17. The molecule has 2 aromatic rings. The molecule has 0 aliphatic heterocycles. The number of nitrogens with zero attached hydrogens (tertiary/aromatic N) is 1. The Kier molecular flexibility index (Phi) is 5.62. The van der Waals surface area contributed by atoms with Crippen LogP contribution in [0.1, 0.15) is 25.3 Å². The Labute approximate surface area is 143 Å². The molecule has 0 fully saturated rings. The van der Waals surface area contributed by atoms with Crippen LogP contribution in [-0.2, 0) is 14.8 Å². The highest BCUT2D eigenvalue weighted by atomic mass is 32.2. The molecule has 0 radical (unpaired) electrons. The second-order valence-corrected chi connectivity index (χ2v) is 7.59. The third kappa shape index (κ3) is 4.83. The number of carbonyl (C=O) groups excluding carboxylic acids is 1. The van der Waals surface area contributed by atoms with Crippen LogP contribution in [-0.4, -0.2) is 27.1 Å². The van der Waals surface area contributed by atoms with Gasteiger partial charge >= 0.3 is 0 Å². The van der Waals surface area contributed by atoms with Crippen LogP contribution in [0.4, 0.5) is 11.4 Å². The van der Waals surface area contributed by atoms with Crippen LogP contribution < -0.4 is 9.62 Å². The second kappa shape index (κ2) is 7.49. The van der Waals surface area contributed by atoms with E-state index in [1.807, 2.05) is 37.3 Å². The Morgan fingerprint density at radius 2 is 1.67 bits per heavy atom. The van der Waals surface area contributed by atoms with Gasteiger partial charge in [-0.3, -0.25) is 9.52 Å². The Balaban J connectivity index is 2.05. The van der Waals surface area contributed by atoms with Crippen molar-refractivity contribution < 1.29 is 13.2 Å². The number of rotatable bonds is 6. The van der Waals surface area contributed by atoms with E-state index >= 15 is 0 Å². The predicted molar refractivity (Wildman–Crippen MR) is 97.8 cm³/mol. The van der Waals surface area contributed by atoms with Crippen molar-refractivity contribution in [3.05, 3.63) is 60.2 Å². The zero-order valence-corrected chi connectivity index (χ0v) is 14.9. The number of hydrogen-bond acceptors (Lipinski definition) is 3. The van der Waals surface area contributed by atoms with E-state index in [0.29, 0.717) is 11.4 Å². The van der Waals surface area contributed by atoms with Crippen molar-refractivity contribution in [3.8, 4) is 0 Å². The fraction of sp³-hybridized carbons (Fsp3) is 0.278. The van der Waals surface area contributed by atoms with Crippen molar-refractivity contribution in [2.45, 2.75) is 19.8 Å². The third-order valence-corrected chi connectivity index (χ3v) is 5.32. The average Bonchev–Trinajstić information content (AvgIpc) is 2.54. The molecule has 0 saturated carbocycles. The summed E-state index contributed by atoms with van der Waals surface area (Å²) in [4.78, 5) is 12.8. The summed E-state index contributed by atoms with van der Waals surface area (Å²) in [6, 6.07) is 16.3. The number of hydrogen-bond donors (Lipinski definition) is 1. The van der Waals surface area contributed by atoms with E-state index in [9.17, 15) is 13.2 Å². The summed E-state index contributed by atoms with van der Waals surface area (Å²) in [5.74, 6) is -0.182. The first kappa shape index (κ1) is 18.0. The van der Waals surface area contributed by atoms with Crippen molar-refractivity contribution in [1.82, 2.24) is 0 Å². The Hall–Kier alpha value is -2.34. The van der Waals surface area contributed by atoms with Gasteiger partial charge in [-0.25, -0.2) is 8.42 Å². The zero-order chi connectivity index (χ0) is 17.7. The highest BCUT2D eigenvalue weighted by Crippen LogP contribution is 2.21. The molecule has 1 amide bonds. The van der Waals surface area contributed by atoms with Crippen LogP contribution in [0.25, 0.3) is 0 Å². The van der Waals surface area contributed by atoms with E-state index in [1.165, 1.54) is 11.8 Å². The minimum absolute atomic E-state index is 0.00606. The van der Waals surface area contributed by atoms with Gasteiger partial charge in [-0.05, 0) is 35.7 Å². The lowest BCUT2D eigenvalue weighted by Crippen LogP contribution is -2.23. The number of nitrogens with one attached hydrogen (secondary N) is 1. The van der Waals surface area contributed by atoms with Gasteiger partial charge in [0.2, 0.25) is 15.9 Å². The monoisotopic (exact) mass is 346 g/mol. The fourth-order valence-electron chi connectivity index (χ4n) is 2.36. The lowest BCUT2D eigenvalue weighted by molar-refractivity contribution is -0.116. The largest absolute Gasteiger partial charge is 0.316 e. The molecule has 0 unspecified atom stereocenters. The summed E-state index contributed by atoms with van der Waals surface area (Å²) in [6.45, 7) is 3.36. The molecule has 0 aliphatic rings. The third-order valence-electron chi connectivity index (χ3n) is 3.84. The molecule has 0 aliphatic carbocycles. The number of carbonyl (C=O) groups is 1. The molecule has 0 bridgehead atoms. The second-order valence-electron chi connectivity index (χ2n) is 5.82. The van der Waals surface area contributed by atoms with Gasteiger partial charge in [-0.15, -0.1) is 0 Å². The average molecular weight is 346 g/mol. The minimum atomic E-state index is -3.46. The first-order valence-electron chi connectivity index (χ1n) is 7.68. The SMILES string of the molecule is CC(=O)N(C)c1ccc(NS(=O)(=O)C[C@H](C)c2ccccc2)cc1. The fourth-order valence-corrected chi connectivity index (χ4v) is 3.79. The first-order chi connectivity index (χ1) is 11.3. The van der Waals surface area contributed by atoms with Crippen molar-refractivity contribution >= 4 is 27.3 Å². The van der Waals surface area contributed by atoms with Crippen LogP contribution in [0, 0.1) is 0 Å². The molecule has 2 aromatic carbocycles. The summed E-state index contributed by atoms with van der Waals surface area (Å²) < 4.78 is 27.3. The maximum Gasteiger partial charge on any atom is 0.233 e. The summed E-state index contributed by atoms with van der Waals surface area (Å²) in [6.07, 6.45) is 0. The quantitative estimate of drug-likeness (QED) is 0.873. The van der Waals surface area contributed by atoms with Crippen molar-refractivity contribution in [2.24, 2.45) is 0 Å². The lowest BCUT2D eigenvalue weighted by Gasteiger charge is -2.16. The summed E-state index contributed by atoms with van der Waals surface area (Å²) in [5, 5.41) is 0. The molecule has 5 nitrogen and oxygen atoms in total. The molecule has 0 heterocycles. The molecular weight excluding hydrogens is 324 g/mol. The molecule has 0 saturated heterocycles. The molecule has 2 rings (SSSR count). The van der Waals surface area contributed by atoms with Crippen molar-refractivity contribution in [3.63, 3.8) is 0 Å². The molecule has 128 valence electrons. The molecule has 0 aromatic heterocycles. The van der Waals surface area contributed by atoms with E-state index in [1.54, 1.807) is 31.3 Å². The maximum absolute atomic E-state index is 12.3. The predicted octanol–water partition coefficient (Wildman–Crippen LogP) is 3.21. The first-order valence-corrected chi connectivity index (χ1v) is 9.33. The van der Waals surface area contributed by atoms with Crippen LogP contribution in [0.15, 0.2) is 54.6 Å². The van der Waals surface area contributed by atoms with Gasteiger partial charge in [0.05, 0.1) is 5.75 Å². The highest BCUT2D eigenvalue weighted by molar-refractivity contribution is 7.92. The van der Waals surface area contributed by atoms with Crippen molar-refractivity contribution in [1.29, 1.82) is 0 Å². The Morgan fingerprint density at radius 3 is 2.21 bits per heavy atom. The Bertz CT molecular complexity index is 787. The van der Waals surface area contributed by atoms with Gasteiger partial charge in [0, 0.05) is 25.3 Å². The van der Waals surface area contributed by atoms with Gasteiger partial charge in [-0.1, -0.05) is 37.3 Å². The smallest absolute Gasteiger partial charge is 0.233 e. The van der Waals surface area contributed by atoms with Gasteiger partial charge in [0.1, 0.15) is 0 Å². The standard InChI is InChI=1S/C18H22N2O3S/c1-14(16-7-5-4-6-8-16)13-24(22,23)19-17-9-11-18(12-10-17)20(3)15(2)21/h4-12,14,19H,13H2,1-3H3/t14-/m0/s1. The van der Waals surface area contributed by atoms with Gasteiger partial charge in [0.15, 0.2) is 0 Å². The van der Waals surface area contributed by atoms with Crippen LogP contribution in [0.5, 0.6) is 0 Å². The normalized spacial score (nSPS) is 12.5. The van der Waals surface area contributed by atoms with E-state index in [0.717, 1.165) is 5.56 Å². The van der Waals surface area contributed by atoms with Gasteiger partial charge in [0.25, 0.3) is 0 Å². The van der Waals surface area contributed by atoms with Crippen LogP contribution in [0.3, 0.4) is 0 Å². The number of anilines is 2. The number of sulfonamides is 1. The van der Waals surface area contributed by atoms with Crippen molar-refractivity contribution in [2.75, 3.05) is 22.4 Å². The molecule has 6 heteroatoms. The van der Waals surface area contributed by atoms with Gasteiger partial charge < -0.3 is 4.90 Å². The number of benzene rings is 2. The molecule has 0 spiro atoms. The van der Waals surface area contributed by atoms with E-state index in [-0.39, 0.29) is 17.6 Å². The zero-order valence-electron chi connectivity index (χ0n) is 14.1. The number of amides is 1. The van der Waals surface area contributed by atoms with E-state index in [2.05, 4.69) is 4.72 Å². The minimum Gasteiger partial charge on any atom is -0.316 e. The topological polar surface area (TPSA) is 66.5 Å². The molecule has 1 N–H and O–H groups in total. The lowest BCUT2D eigenvalue weighted by atomic mass is 10.0. The summed E-state index contributed by atoms with van der Waals surface area (Å²) >= 11 is 0. The van der Waals surface area contributed by atoms with E-state index in [4.69, 9.17) is 0 Å². The van der Waals surface area contributed by atoms with Crippen LogP contribution in [0.2, 0.25) is 0 Å². The molecule has 1 atom stereocenters. The Morgan fingerprint density at radius 1 is 1.08 bits per heavy atom. The summed E-state index contributed by atoms with van der Waals surface area (Å²) in [5.41, 5.74) is 2.18.